The van der Waals surface area contributed by atoms with Crippen LogP contribution in [-0.4, -0.2) is 85.8 Å². The highest BCUT2D eigenvalue weighted by Gasteiger charge is 2.60. The summed E-state index contributed by atoms with van der Waals surface area (Å²) in [6.45, 7) is 7.92. The fourth-order valence-corrected chi connectivity index (χ4v) is 5.98. The number of fused-ring (bicyclic) bond motifs is 1. The lowest BCUT2D eigenvalue weighted by molar-refractivity contribution is -0.298. The highest BCUT2D eigenvalue weighted by atomic mass is 16.6. The van der Waals surface area contributed by atoms with Gasteiger partial charge in [0.15, 0.2) is 6.29 Å². The molecule has 8 heteroatoms. The lowest BCUT2D eigenvalue weighted by atomic mass is 9.50. The molecule has 0 bridgehead atoms. The average molecular weight is 419 g/mol. The van der Waals surface area contributed by atoms with E-state index in [-0.39, 0.29) is 30.5 Å². The molecule has 0 unspecified atom stereocenters. The van der Waals surface area contributed by atoms with Gasteiger partial charge in [-0.1, -0.05) is 20.8 Å². The summed E-state index contributed by atoms with van der Waals surface area (Å²) in [6.07, 6.45) is -5.39. The van der Waals surface area contributed by atoms with E-state index in [0.29, 0.717) is 12.8 Å². The van der Waals surface area contributed by atoms with E-state index in [0.717, 1.165) is 12.8 Å². The molecule has 1 heterocycles. The van der Waals surface area contributed by atoms with E-state index in [4.69, 9.17) is 9.47 Å². The van der Waals surface area contributed by atoms with Crippen molar-refractivity contribution in [3.05, 3.63) is 0 Å². The molecule has 0 spiro atoms. The topological polar surface area (TPSA) is 140 Å². The van der Waals surface area contributed by atoms with Crippen LogP contribution in [-0.2, 0) is 9.47 Å². The molecule has 3 rings (SSSR count). The van der Waals surface area contributed by atoms with E-state index < -0.39 is 47.8 Å². The SMILES string of the molecule is CC(C)[C@@H]1CC[C@@]2(C)[C@H](O)CC[C@](C)(O)[C@H]2[C@@H]1OC[C@H]1O[C@@H](O)[C@H](O)[C@@H](O)[C@@H]1O. The fraction of sp³-hybridized carbons (Fsp3) is 1.00. The smallest absolute Gasteiger partial charge is 0.184 e. The van der Waals surface area contributed by atoms with E-state index in [1.165, 1.54) is 0 Å². The minimum atomic E-state index is -1.61. The van der Waals surface area contributed by atoms with E-state index >= 15 is 0 Å². The van der Waals surface area contributed by atoms with Crippen LogP contribution in [0.5, 0.6) is 0 Å². The van der Waals surface area contributed by atoms with Crippen LogP contribution in [0.25, 0.3) is 0 Å². The molecule has 0 aromatic heterocycles. The first-order valence-electron chi connectivity index (χ1n) is 10.8. The molecular formula is C21H38O8. The van der Waals surface area contributed by atoms with Crippen molar-refractivity contribution >= 4 is 0 Å². The first-order valence-corrected chi connectivity index (χ1v) is 10.8. The summed E-state index contributed by atoms with van der Waals surface area (Å²) in [5, 5.41) is 61.7. The molecule has 8 nitrogen and oxygen atoms in total. The maximum absolute atomic E-state index is 11.2. The molecule has 0 radical (unpaired) electrons. The van der Waals surface area contributed by atoms with Gasteiger partial charge in [0.25, 0.3) is 0 Å². The van der Waals surface area contributed by atoms with Crippen LogP contribution in [0.3, 0.4) is 0 Å². The Balaban J connectivity index is 1.83. The molecule has 2 aliphatic carbocycles. The lowest BCUT2D eigenvalue weighted by Crippen LogP contribution is -2.64. The predicted molar refractivity (Wildman–Crippen MR) is 104 cm³/mol. The molecule has 170 valence electrons. The summed E-state index contributed by atoms with van der Waals surface area (Å²) in [5.74, 6) is 0.127. The van der Waals surface area contributed by atoms with Crippen molar-refractivity contribution in [2.75, 3.05) is 6.61 Å². The third-order valence-electron chi connectivity index (χ3n) is 7.83. The quantitative estimate of drug-likeness (QED) is 0.368. The maximum atomic E-state index is 11.2. The van der Waals surface area contributed by atoms with Gasteiger partial charge in [0, 0.05) is 11.3 Å². The summed E-state index contributed by atoms with van der Waals surface area (Å²) < 4.78 is 11.5. The highest BCUT2D eigenvalue weighted by molar-refractivity contribution is 5.09. The predicted octanol–water partition coefficient (Wildman–Crippen LogP) is -0.234. The highest BCUT2D eigenvalue weighted by Crippen LogP contribution is 2.57. The van der Waals surface area contributed by atoms with Crippen LogP contribution >= 0.6 is 0 Å². The van der Waals surface area contributed by atoms with E-state index in [9.17, 15) is 30.6 Å². The number of hydrogen-bond donors (Lipinski definition) is 6. The second kappa shape index (κ2) is 8.31. The van der Waals surface area contributed by atoms with Gasteiger partial charge in [0.2, 0.25) is 0 Å². The number of ether oxygens (including phenoxy) is 2. The van der Waals surface area contributed by atoms with Crippen molar-refractivity contribution in [3.8, 4) is 0 Å². The molecule has 29 heavy (non-hydrogen) atoms. The normalized spacial score (nSPS) is 53.7. The maximum Gasteiger partial charge on any atom is 0.184 e. The monoisotopic (exact) mass is 418 g/mol. The van der Waals surface area contributed by atoms with Gasteiger partial charge in [0.05, 0.1) is 24.4 Å². The minimum Gasteiger partial charge on any atom is -0.393 e. The van der Waals surface area contributed by atoms with Crippen molar-refractivity contribution < 1.29 is 40.1 Å². The number of hydrogen-bond acceptors (Lipinski definition) is 8. The van der Waals surface area contributed by atoms with E-state index in [2.05, 4.69) is 13.8 Å². The molecule has 1 saturated heterocycles. The van der Waals surface area contributed by atoms with Crippen LogP contribution in [0.15, 0.2) is 0 Å². The van der Waals surface area contributed by atoms with Gasteiger partial charge < -0.3 is 40.1 Å². The zero-order valence-corrected chi connectivity index (χ0v) is 17.8. The van der Waals surface area contributed by atoms with Crippen LogP contribution in [0, 0.1) is 23.2 Å². The minimum absolute atomic E-state index is 0.103. The number of aliphatic hydroxyl groups excluding tert-OH is 5. The lowest BCUT2D eigenvalue weighted by Gasteiger charge is -2.60. The third kappa shape index (κ3) is 4.11. The molecule has 6 N–H and O–H groups in total. The van der Waals surface area contributed by atoms with Crippen molar-refractivity contribution in [2.45, 2.75) is 102 Å². The first kappa shape index (κ1) is 23.3. The zero-order chi connectivity index (χ0) is 21.7. The molecule has 3 aliphatic rings. The summed E-state index contributed by atoms with van der Waals surface area (Å²) >= 11 is 0. The molecule has 0 amide bonds. The van der Waals surface area contributed by atoms with E-state index in [1.54, 1.807) is 6.92 Å². The van der Waals surface area contributed by atoms with Crippen molar-refractivity contribution in [2.24, 2.45) is 23.2 Å². The fourth-order valence-electron chi connectivity index (χ4n) is 5.98. The standard InChI is InChI=1S/C21H38O8/c1-10(2)11-5-7-20(3)13(22)6-8-21(4,27)18(20)17(11)28-9-12-14(23)15(24)16(25)19(26)29-12/h10-19,22-27H,5-9H2,1-4H3/t11-,12+,13+,14+,15-,16+,17+,18-,19+,20-,21-/m0/s1. The van der Waals surface area contributed by atoms with Crippen molar-refractivity contribution in [1.82, 2.24) is 0 Å². The Bertz CT molecular complexity index is 569. The Morgan fingerprint density at radius 2 is 1.62 bits per heavy atom. The zero-order valence-electron chi connectivity index (χ0n) is 17.8. The first-order chi connectivity index (χ1) is 13.4. The Kier molecular flexibility index (Phi) is 6.69. The number of rotatable bonds is 4. The van der Waals surface area contributed by atoms with Gasteiger partial charge in [-0.05, 0) is 44.4 Å². The van der Waals surface area contributed by atoms with Crippen LogP contribution in [0.1, 0.15) is 53.4 Å². The van der Waals surface area contributed by atoms with Gasteiger partial charge in [-0.25, -0.2) is 0 Å². The van der Waals surface area contributed by atoms with Gasteiger partial charge in [-0.15, -0.1) is 0 Å². The average Bonchev–Trinajstić information content (AvgIpc) is 2.64. The summed E-state index contributed by atoms with van der Waals surface area (Å²) in [4.78, 5) is 0. The number of aliphatic hydroxyl groups is 6. The van der Waals surface area contributed by atoms with Crippen molar-refractivity contribution in [3.63, 3.8) is 0 Å². The Morgan fingerprint density at radius 1 is 0.966 bits per heavy atom. The second-order valence-corrected chi connectivity index (χ2v) is 10.2. The Hall–Kier alpha value is -0.320. The molecule has 11 atom stereocenters. The van der Waals surface area contributed by atoms with Crippen molar-refractivity contribution in [1.29, 1.82) is 0 Å². The molecule has 1 aliphatic heterocycles. The summed E-state index contributed by atoms with van der Waals surface area (Å²) in [7, 11) is 0. The van der Waals surface area contributed by atoms with Gasteiger partial charge in [0.1, 0.15) is 24.4 Å². The molecule has 2 saturated carbocycles. The van der Waals surface area contributed by atoms with Crippen LogP contribution < -0.4 is 0 Å². The van der Waals surface area contributed by atoms with E-state index in [1.807, 2.05) is 6.92 Å². The van der Waals surface area contributed by atoms with Crippen LogP contribution in [0.2, 0.25) is 0 Å². The molecule has 0 aromatic carbocycles. The largest absolute Gasteiger partial charge is 0.393 e. The van der Waals surface area contributed by atoms with Crippen LogP contribution in [0.4, 0.5) is 0 Å². The second-order valence-electron chi connectivity index (χ2n) is 10.2. The molecule has 0 aromatic rings. The molecule has 3 fully saturated rings. The van der Waals surface area contributed by atoms with Gasteiger partial charge in [-0.3, -0.25) is 0 Å². The summed E-state index contributed by atoms with van der Waals surface area (Å²) in [5.41, 5.74) is -1.49. The Morgan fingerprint density at radius 3 is 2.24 bits per heavy atom. The van der Waals surface area contributed by atoms with Gasteiger partial charge in [-0.2, -0.15) is 0 Å². The summed E-state index contributed by atoms with van der Waals surface area (Å²) in [6, 6.07) is 0. The molecular weight excluding hydrogens is 380 g/mol. The van der Waals surface area contributed by atoms with Gasteiger partial charge >= 0.3 is 0 Å². The Labute approximate surface area is 172 Å². The third-order valence-corrected chi connectivity index (χ3v) is 7.83.